The van der Waals surface area contributed by atoms with Gasteiger partial charge in [-0.25, -0.2) is 0 Å². The lowest BCUT2D eigenvalue weighted by atomic mass is 10.3. The molecule has 0 aliphatic carbocycles. The predicted molar refractivity (Wildman–Crippen MR) is 72.5 cm³/mol. The number of hydrogen-bond donors (Lipinski definition) is 0. The lowest BCUT2D eigenvalue weighted by molar-refractivity contribution is 0.972. The molecule has 0 saturated carbocycles. The fraction of sp³-hybridized carbons (Fsp3) is 0. The van der Waals surface area contributed by atoms with Gasteiger partial charge in [0.25, 0.3) is 5.56 Å². The van der Waals surface area contributed by atoms with Gasteiger partial charge in [-0.15, -0.1) is 0 Å². The summed E-state index contributed by atoms with van der Waals surface area (Å²) in [6.45, 7) is 0. The molecule has 0 spiro atoms. The first-order chi connectivity index (χ1) is 7.18. The van der Waals surface area contributed by atoms with Gasteiger partial charge in [-0.1, -0.05) is 18.2 Å². The molecule has 0 saturated heterocycles. The normalized spacial score (nSPS) is 10.3. The summed E-state index contributed by atoms with van der Waals surface area (Å²) in [6.07, 6.45) is 1.78. The lowest BCUT2D eigenvalue weighted by Crippen LogP contribution is -2.19. The van der Waals surface area contributed by atoms with E-state index in [2.05, 4.69) is 15.9 Å². The molecule has 15 heavy (non-hydrogen) atoms. The molecule has 2 nitrogen and oxygen atoms in total. The van der Waals surface area contributed by atoms with Crippen molar-refractivity contribution in [2.24, 2.45) is 0 Å². The molecular formula is C11H7BrINO. The van der Waals surface area contributed by atoms with Gasteiger partial charge in [-0.3, -0.25) is 9.36 Å². The number of pyridine rings is 1. The third-order valence-electron chi connectivity index (χ3n) is 1.97. The highest BCUT2D eigenvalue weighted by atomic mass is 127. The van der Waals surface area contributed by atoms with Crippen molar-refractivity contribution in [3.05, 3.63) is 61.0 Å². The first-order valence-electron chi connectivity index (χ1n) is 4.31. The van der Waals surface area contributed by atoms with Crippen molar-refractivity contribution < 1.29 is 0 Å². The maximum atomic E-state index is 11.9. The molecule has 0 atom stereocenters. The van der Waals surface area contributed by atoms with Gasteiger partial charge in [0.05, 0.1) is 3.57 Å². The van der Waals surface area contributed by atoms with Crippen LogP contribution in [0.5, 0.6) is 0 Å². The highest BCUT2D eigenvalue weighted by Gasteiger charge is 2.04. The Labute approximate surface area is 109 Å². The van der Waals surface area contributed by atoms with Crippen molar-refractivity contribution in [2.45, 2.75) is 0 Å². The maximum absolute atomic E-state index is 11.9. The van der Waals surface area contributed by atoms with Crippen molar-refractivity contribution in [1.82, 2.24) is 4.57 Å². The molecule has 0 amide bonds. The standard InChI is InChI=1S/C11H7BrINO/c12-8-6-10(13)11(15)14(7-8)9-4-2-1-3-5-9/h1-7H. The van der Waals surface area contributed by atoms with Crippen LogP contribution in [0, 0.1) is 3.57 Å². The van der Waals surface area contributed by atoms with Crippen LogP contribution in [-0.4, -0.2) is 4.57 Å². The van der Waals surface area contributed by atoms with E-state index in [9.17, 15) is 4.79 Å². The van der Waals surface area contributed by atoms with Crippen molar-refractivity contribution in [3.63, 3.8) is 0 Å². The van der Waals surface area contributed by atoms with Gasteiger partial charge >= 0.3 is 0 Å². The van der Waals surface area contributed by atoms with Crippen LogP contribution in [0.1, 0.15) is 0 Å². The van der Waals surface area contributed by atoms with Crippen LogP contribution >= 0.6 is 38.5 Å². The second-order valence-corrected chi connectivity index (χ2v) is 5.09. The zero-order chi connectivity index (χ0) is 10.8. The van der Waals surface area contributed by atoms with E-state index < -0.39 is 0 Å². The average Bonchev–Trinajstić information content (AvgIpc) is 2.24. The number of nitrogens with zero attached hydrogens (tertiary/aromatic N) is 1. The highest BCUT2D eigenvalue weighted by molar-refractivity contribution is 14.1. The molecule has 76 valence electrons. The molecular weight excluding hydrogens is 369 g/mol. The van der Waals surface area contributed by atoms with Crippen molar-refractivity contribution in [1.29, 1.82) is 0 Å². The average molecular weight is 376 g/mol. The Balaban J connectivity index is 2.69. The summed E-state index contributed by atoms with van der Waals surface area (Å²) in [7, 11) is 0. The molecule has 0 unspecified atom stereocenters. The van der Waals surface area contributed by atoms with Gasteiger partial charge in [0.1, 0.15) is 0 Å². The molecule has 0 radical (unpaired) electrons. The van der Waals surface area contributed by atoms with Gasteiger partial charge in [-0.05, 0) is 56.7 Å². The van der Waals surface area contributed by atoms with E-state index >= 15 is 0 Å². The van der Waals surface area contributed by atoms with Gasteiger partial charge in [-0.2, -0.15) is 0 Å². The largest absolute Gasteiger partial charge is 0.282 e. The first-order valence-corrected chi connectivity index (χ1v) is 6.19. The molecule has 1 aromatic carbocycles. The molecule has 0 bridgehead atoms. The molecule has 0 fully saturated rings. The van der Waals surface area contributed by atoms with Crippen molar-refractivity contribution in [3.8, 4) is 5.69 Å². The topological polar surface area (TPSA) is 22.0 Å². The Morgan fingerprint density at radius 3 is 2.53 bits per heavy atom. The number of halogens is 2. The Hall–Kier alpha value is -0.620. The summed E-state index contributed by atoms with van der Waals surface area (Å²) in [6, 6.07) is 11.4. The highest BCUT2D eigenvalue weighted by Crippen LogP contribution is 2.13. The summed E-state index contributed by atoms with van der Waals surface area (Å²) in [5.41, 5.74) is 0.881. The summed E-state index contributed by atoms with van der Waals surface area (Å²) in [5, 5.41) is 0. The molecule has 2 aromatic rings. The molecule has 1 heterocycles. The maximum Gasteiger partial charge on any atom is 0.268 e. The molecule has 2 rings (SSSR count). The van der Waals surface area contributed by atoms with E-state index in [1.807, 2.05) is 59.0 Å². The molecule has 0 N–H and O–H groups in total. The van der Waals surface area contributed by atoms with Gasteiger partial charge in [0.2, 0.25) is 0 Å². The number of rotatable bonds is 1. The summed E-state index contributed by atoms with van der Waals surface area (Å²) < 4.78 is 3.23. The first kappa shape index (κ1) is 10.9. The molecule has 1 aromatic heterocycles. The molecule has 4 heteroatoms. The number of aromatic nitrogens is 1. The summed E-state index contributed by atoms with van der Waals surface area (Å²) >= 11 is 5.42. The fourth-order valence-electron chi connectivity index (χ4n) is 1.30. The van der Waals surface area contributed by atoms with Gasteiger partial charge < -0.3 is 0 Å². The van der Waals surface area contributed by atoms with Crippen LogP contribution in [0.4, 0.5) is 0 Å². The SMILES string of the molecule is O=c1c(I)cc(Br)cn1-c1ccccc1. The number of benzene rings is 1. The number of para-hydroxylation sites is 1. The van der Waals surface area contributed by atoms with E-state index in [1.54, 1.807) is 10.8 Å². The zero-order valence-corrected chi connectivity index (χ0v) is 11.4. The van der Waals surface area contributed by atoms with Crippen LogP contribution in [0.25, 0.3) is 5.69 Å². The predicted octanol–water partition coefficient (Wildman–Crippen LogP) is 3.20. The van der Waals surface area contributed by atoms with Crippen LogP contribution in [0.3, 0.4) is 0 Å². The van der Waals surface area contributed by atoms with Crippen LogP contribution in [-0.2, 0) is 0 Å². The van der Waals surface area contributed by atoms with Crippen LogP contribution < -0.4 is 5.56 Å². The minimum Gasteiger partial charge on any atom is -0.282 e. The molecule has 0 aliphatic heterocycles. The van der Waals surface area contributed by atoms with Crippen LogP contribution in [0.15, 0.2) is 51.9 Å². The third kappa shape index (κ3) is 2.31. The summed E-state index contributed by atoms with van der Waals surface area (Å²) in [5.74, 6) is 0. The lowest BCUT2D eigenvalue weighted by Gasteiger charge is -2.06. The minimum atomic E-state index is 0.00463. The van der Waals surface area contributed by atoms with Crippen molar-refractivity contribution in [2.75, 3.05) is 0 Å². The smallest absolute Gasteiger partial charge is 0.268 e. The van der Waals surface area contributed by atoms with E-state index in [-0.39, 0.29) is 5.56 Å². The Kier molecular flexibility index (Phi) is 3.25. The van der Waals surface area contributed by atoms with Crippen LogP contribution in [0.2, 0.25) is 0 Å². The van der Waals surface area contributed by atoms with E-state index in [1.165, 1.54) is 0 Å². The van der Waals surface area contributed by atoms with Gasteiger partial charge in [0.15, 0.2) is 0 Å². The quantitative estimate of drug-likeness (QED) is 0.701. The second kappa shape index (κ2) is 4.49. The molecule has 0 aliphatic rings. The monoisotopic (exact) mass is 375 g/mol. The Bertz CT molecular complexity index is 536. The van der Waals surface area contributed by atoms with Crippen molar-refractivity contribution >= 4 is 38.5 Å². The van der Waals surface area contributed by atoms with E-state index in [0.717, 1.165) is 10.2 Å². The minimum absolute atomic E-state index is 0.00463. The third-order valence-corrected chi connectivity index (χ3v) is 3.18. The van der Waals surface area contributed by atoms with E-state index in [0.29, 0.717) is 3.57 Å². The Morgan fingerprint density at radius 1 is 1.20 bits per heavy atom. The second-order valence-electron chi connectivity index (χ2n) is 3.02. The Morgan fingerprint density at radius 2 is 1.87 bits per heavy atom. The fourth-order valence-corrected chi connectivity index (χ4v) is 2.75. The van der Waals surface area contributed by atoms with Gasteiger partial charge in [0, 0.05) is 16.4 Å². The summed E-state index contributed by atoms with van der Waals surface area (Å²) in [4.78, 5) is 11.9. The number of hydrogen-bond acceptors (Lipinski definition) is 1. The van der Waals surface area contributed by atoms with E-state index in [4.69, 9.17) is 0 Å². The zero-order valence-electron chi connectivity index (χ0n) is 7.65.